The summed E-state index contributed by atoms with van der Waals surface area (Å²) < 4.78 is 5.69. The SMILES string of the molecule is O=C(CN1C(=O)S/C(=C\c2ccc(-c3ccccc3C(=O)O)o2)C1=O)c1ccc(Cl)cc1. The molecule has 0 aliphatic carbocycles. The second-order valence-electron chi connectivity index (χ2n) is 6.75. The number of imide groups is 1. The molecule has 160 valence electrons. The molecule has 0 bridgehead atoms. The molecule has 2 amide bonds. The van der Waals surface area contributed by atoms with Crippen molar-refractivity contribution in [3.63, 3.8) is 0 Å². The van der Waals surface area contributed by atoms with E-state index < -0.39 is 22.9 Å². The first-order valence-electron chi connectivity index (χ1n) is 9.30. The molecular formula is C23H14ClNO6S. The number of carbonyl (C=O) groups is 4. The van der Waals surface area contributed by atoms with E-state index in [9.17, 15) is 24.3 Å². The largest absolute Gasteiger partial charge is 0.478 e. The fourth-order valence-corrected chi connectivity index (χ4v) is 4.04. The van der Waals surface area contributed by atoms with Crippen LogP contribution in [-0.2, 0) is 4.79 Å². The number of halogens is 1. The van der Waals surface area contributed by atoms with Crippen molar-refractivity contribution in [1.82, 2.24) is 4.90 Å². The molecule has 1 aliphatic heterocycles. The van der Waals surface area contributed by atoms with E-state index in [-0.39, 0.29) is 22.8 Å². The Morgan fingerprint density at radius 1 is 1.03 bits per heavy atom. The van der Waals surface area contributed by atoms with Gasteiger partial charge in [-0.15, -0.1) is 0 Å². The molecule has 32 heavy (non-hydrogen) atoms. The summed E-state index contributed by atoms with van der Waals surface area (Å²) in [5, 5.41) is 9.25. The first-order valence-corrected chi connectivity index (χ1v) is 10.5. The summed E-state index contributed by atoms with van der Waals surface area (Å²) in [6, 6.07) is 15.7. The Morgan fingerprint density at radius 3 is 2.47 bits per heavy atom. The number of hydrogen-bond donors (Lipinski definition) is 1. The topological polar surface area (TPSA) is 105 Å². The van der Waals surface area contributed by atoms with Crippen molar-refractivity contribution in [2.75, 3.05) is 6.54 Å². The van der Waals surface area contributed by atoms with Crippen molar-refractivity contribution < 1.29 is 28.7 Å². The maximum Gasteiger partial charge on any atom is 0.336 e. The Bertz CT molecular complexity index is 1280. The van der Waals surface area contributed by atoms with Gasteiger partial charge in [0.25, 0.3) is 11.1 Å². The van der Waals surface area contributed by atoms with Crippen molar-refractivity contribution in [2.24, 2.45) is 0 Å². The van der Waals surface area contributed by atoms with Gasteiger partial charge in [0.2, 0.25) is 0 Å². The van der Waals surface area contributed by atoms with E-state index in [1.54, 1.807) is 42.5 Å². The molecule has 9 heteroatoms. The molecule has 3 aromatic rings. The van der Waals surface area contributed by atoms with Crippen LogP contribution < -0.4 is 0 Å². The Kier molecular flexibility index (Phi) is 5.98. The molecule has 4 rings (SSSR count). The van der Waals surface area contributed by atoms with Gasteiger partial charge in [0.05, 0.1) is 17.0 Å². The molecular weight excluding hydrogens is 454 g/mol. The van der Waals surface area contributed by atoms with E-state index in [4.69, 9.17) is 16.0 Å². The van der Waals surface area contributed by atoms with Crippen LogP contribution in [0.5, 0.6) is 0 Å². The number of carboxylic acids is 1. The molecule has 2 heterocycles. The Hall–Kier alpha value is -3.62. The second-order valence-corrected chi connectivity index (χ2v) is 8.18. The first kappa shape index (κ1) is 21.6. The summed E-state index contributed by atoms with van der Waals surface area (Å²) in [5.41, 5.74) is 0.806. The number of nitrogens with zero attached hydrogens (tertiary/aromatic N) is 1. The van der Waals surface area contributed by atoms with Crippen LogP contribution in [0, 0.1) is 0 Å². The molecule has 1 aliphatic rings. The summed E-state index contributed by atoms with van der Waals surface area (Å²) in [5.74, 6) is -1.51. The molecule has 2 aromatic carbocycles. The van der Waals surface area contributed by atoms with Crippen LogP contribution in [0.1, 0.15) is 26.5 Å². The van der Waals surface area contributed by atoms with Gasteiger partial charge in [0, 0.05) is 22.2 Å². The number of thioether (sulfide) groups is 1. The predicted molar refractivity (Wildman–Crippen MR) is 120 cm³/mol. The minimum Gasteiger partial charge on any atom is -0.478 e. The molecule has 1 saturated heterocycles. The lowest BCUT2D eigenvalue weighted by atomic mass is 10.1. The number of Topliss-reactive ketones (excluding diaryl/α,β-unsaturated/α-hetero) is 1. The minimum absolute atomic E-state index is 0.0782. The third kappa shape index (κ3) is 4.37. The van der Waals surface area contributed by atoms with Gasteiger partial charge in [-0.25, -0.2) is 4.79 Å². The van der Waals surface area contributed by atoms with Crippen LogP contribution in [0.15, 0.2) is 70.0 Å². The Morgan fingerprint density at radius 2 is 1.75 bits per heavy atom. The van der Waals surface area contributed by atoms with Crippen molar-refractivity contribution in [3.05, 3.63) is 87.5 Å². The van der Waals surface area contributed by atoms with Crippen LogP contribution in [0.2, 0.25) is 5.02 Å². The van der Waals surface area contributed by atoms with Gasteiger partial charge < -0.3 is 9.52 Å². The highest BCUT2D eigenvalue weighted by atomic mass is 35.5. The molecule has 0 saturated carbocycles. The van der Waals surface area contributed by atoms with Gasteiger partial charge in [-0.05, 0) is 54.2 Å². The lowest BCUT2D eigenvalue weighted by Gasteiger charge is -2.11. The summed E-state index contributed by atoms with van der Waals surface area (Å²) in [4.78, 5) is 49.8. The lowest BCUT2D eigenvalue weighted by molar-refractivity contribution is -0.122. The van der Waals surface area contributed by atoms with E-state index in [0.717, 1.165) is 4.90 Å². The molecule has 0 radical (unpaired) electrons. The molecule has 1 aromatic heterocycles. The molecule has 1 fully saturated rings. The highest BCUT2D eigenvalue weighted by molar-refractivity contribution is 8.18. The zero-order valence-electron chi connectivity index (χ0n) is 16.3. The minimum atomic E-state index is -1.09. The van der Waals surface area contributed by atoms with Crippen LogP contribution in [-0.4, -0.2) is 39.5 Å². The summed E-state index contributed by atoms with van der Waals surface area (Å²) in [6.07, 6.45) is 1.39. The number of rotatable bonds is 6. The molecule has 0 spiro atoms. The molecule has 0 unspecified atom stereocenters. The van der Waals surface area contributed by atoms with Crippen LogP contribution >= 0.6 is 23.4 Å². The van der Waals surface area contributed by atoms with Crippen molar-refractivity contribution in [1.29, 1.82) is 0 Å². The van der Waals surface area contributed by atoms with E-state index in [0.29, 0.717) is 33.7 Å². The summed E-state index contributed by atoms with van der Waals surface area (Å²) in [7, 11) is 0. The number of carbonyl (C=O) groups excluding carboxylic acids is 3. The monoisotopic (exact) mass is 467 g/mol. The maximum absolute atomic E-state index is 12.7. The third-order valence-electron chi connectivity index (χ3n) is 4.66. The lowest BCUT2D eigenvalue weighted by Crippen LogP contribution is -2.33. The Labute approximate surface area is 191 Å². The quantitative estimate of drug-likeness (QED) is 0.391. The second kappa shape index (κ2) is 8.86. The van der Waals surface area contributed by atoms with E-state index in [2.05, 4.69) is 0 Å². The van der Waals surface area contributed by atoms with Crippen molar-refractivity contribution in [3.8, 4) is 11.3 Å². The predicted octanol–water partition coefficient (Wildman–Crippen LogP) is 5.22. The maximum atomic E-state index is 12.7. The summed E-state index contributed by atoms with van der Waals surface area (Å²) >= 11 is 6.52. The van der Waals surface area contributed by atoms with Crippen LogP contribution in [0.4, 0.5) is 4.79 Å². The average molecular weight is 468 g/mol. The Balaban J connectivity index is 1.53. The molecule has 0 atom stereocenters. The van der Waals surface area contributed by atoms with E-state index in [1.165, 1.54) is 24.3 Å². The van der Waals surface area contributed by atoms with Crippen molar-refractivity contribution >= 4 is 52.3 Å². The third-order valence-corrected chi connectivity index (χ3v) is 5.82. The number of furan rings is 1. The van der Waals surface area contributed by atoms with E-state index >= 15 is 0 Å². The standard InChI is InChI=1S/C23H14ClNO6S/c24-14-7-5-13(6-8-14)18(26)12-25-21(27)20(32-23(25)30)11-15-9-10-19(31-15)16-3-1-2-4-17(16)22(28)29/h1-11H,12H2,(H,28,29)/b20-11-. The fraction of sp³-hybridized carbons (Fsp3) is 0.0435. The van der Waals surface area contributed by atoms with Gasteiger partial charge in [-0.2, -0.15) is 0 Å². The van der Waals surface area contributed by atoms with Gasteiger partial charge in [-0.3, -0.25) is 19.3 Å². The number of amides is 2. The highest BCUT2D eigenvalue weighted by Crippen LogP contribution is 2.34. The van der Waals surface area contributed by atoms with Gasteiger partial charge in [0.15, 0.2) is 5.78 Å². The highest BCUT2D eigenvalue weighted by Gasteiger charge is 2.36. The van der Waals surface area contributed by atoms with Crippen LogP contribution in [0.25, 0.3) is 17.4 Å². The number of hydrogen-bond acceptors (Lipinski definition) is 6. The van der Waals surface area contributed by atoms with Gasteiger partial charge in [0.1, 0.15) is 11.5 Å². The smallest absolute Gasteiger partial charge is 0.336 e. The first-order chi connectivity index (χ1) is 15.3. The number of carboxylic acid groups (broad SMARTS) is 1. The van der Waals surface area contributed by atoms with E-state index in [1.807, 2.05) is 0 Å². The van der Waals surface area contributed by atoms with Gasteiger partial charge in [-0.1, -0.05) is 29.8 Å². The average Bonchev–Trinajstić information content (AvgIpc) is 3.34. The fourth-order valence-electron chi connectivity index (χ4n) is 3.10. The number of ketones is 1. The zero-order valence-corrected chi connectivity index (χ0v) is 17.9. The normalized spacial score (nSPS) is 14.9. The number of benzene rings is 2. The zero-order chi connectivity index (χ0) is 22.8. The van der Waals surface area contributed by atoms with Crippen LogP contribution in [0.3, 0.4) is 0 Å². The number of aromatic carboxylic acids is 1. The molecule has 1 N–H and O–H groups in total. The molecule has 7 nitrogen and oxygen atoms in total. The summed E-state index contributed by atoms with van der Waals surface area (Å²) in [6.45, 7) is -0.390. The van der Waals surface area contributed by atoms with Crippen molar-refractivity contribution in [2.45, 2.75) is 0 Å². The van der Waals surface area contributed by atoms with Gasteiger partial charge >= 0.3 is 5.97 Å².